The van der Waals surface area contributed by atoms with E-state index in [0.717, 1.165) is 22.8 Å². The highest BCUT2D eigenvalue weighted by Gasteiger charge is 2.09. The summed E-state index contributed by atoms with van der Waals surface area (Å²) in [6.45, 7) is 2.59. The van der Waals surface area contributed by atoms with Crippen molar-refractivity contribution >= 4 is 23.4 Å². The van der Waals surface area contributed by atoms with Crippen molar-refractivity contribution in [3.63, 3.8) is 0 Å². The monoisotopic (exact) mass is 293 g/mol. The summed E-state index contributed by atoms with van der Waals surface area (Å²) in [6, 6.07) is 13.3. The minimum atomic E-state index is 0.464. The largest absolute Gasteiger partial charge is 0.457 e. The van der Waals surface area contributed by atoms with Crippen molar-refractivity contribution in [3.8, 4) is 11.5 Å². The van der Waals surface area contributed by atoms with E-state index in [-0.39, 0.29) is 0 Å². The third kappa shape index (κ3) is 3.66. The van der Waals surface area contributed by atoms with Crippen LogP contribution in [0, 0.1) is 0 Å². The van der Waals surface area contributed by atoms with Crippen molar-refractivity contribution < 1.29 is 4.74 Å². The first-order chi connectivity index (χ1) is 9.24. The highest BCUT2D eigenvalue weighted by atomic mass is 35.5. The summed E-state index contributed by atoms with van der Waals surface area (Å²) in [6.07, 6.45) is 0. The summed E-state index contributed by atoms with van der Waals surface area (Å²) in [4.78, 5) is 1.18. The molecule has 19 heavy (non-hydrogen) atoms. The third-order valence-electron chi connectivity index (χ3n) is 2.64. The van der Waals surface area contributed by atoms with Gasteiger partial charge in [0.25, 0.3) is 0 Å². The lowest BCUT2D eigenvalue weighted by atomic mass is 10.2. The Bertz CT molecular complexity index is 542. The van der Waals surface area contributed by atoms with Crippen LogP contribution in [0.5, 0.6) is 11.5 Å². The maximum atomic E-state index is 5.89. The van der Waals surface area contributed by atoms with Gasteiger partial charge in [-0.2, -0.15) is 0 Å². The summed E-state index contributed by atoms with van der Waals surface area (Å²) in [5, 5.41) is 0.696. The summed E-state index contributed by atoms with van der Waals surface area (Å²) in [7, 11) is 0. The smallest absolute Gasteiger partial charge is 0.133 e. The average Bonchev–Trinajstić information content (AvgIpc) is 2.42. The Labute approximate surface area is 122 Å². The van der Waals surface area contributed by atoms with Crippen LogP contribution >= 0.6 is 23.4 Å². The average molecular weight is 294 g/mol. The van der Waals surface area contributed by atoms with E-state index in [2.05, 4.69) is 13.0 Å². The number of rotatable bonds is 5. The van der Waals surface area contributed by atoms with Crippen LogP contribution in [0.1, 0.15) is 12.5 Å². The van der Waals surface area contributed by atoms with Gasteiger partial charge in [0.1, 0.15) is 11.5 Å². The van der Waals surface area contributed by atoms with Gasteiger partial charge in [-0.1, -0.05) is 24.6 Å². The third-order valence-corrected chi connectivity index (χ3v) is 3.87. The number of halogens is 1. The van der Waals surface area contributed by atoms with E-state index in [1.807, 2.05) is 36.4 Å². The normalized spacial score (nSPS) is 10.5. The van der Waals surface area contributed by atoms with Gasteiger partial charge in [0, 0.05) is 22.0 Å². The quantitative estimate of drug-likeness (QED) is 0.811. The molecular weight excluding hydrogens is 278 g/mol. The van der Waals surface area contributed by atoms with Crippen molar-refractivity contribution in [1.29, 1.82) is 0 Å². The number of ether oxygens (including phenoxy) is 1. The molecule has 0 fully saturated rings. The van der Waals surface area contributed by atoms with Crippen molar-refractivity contribution in [2.75, 3.05) is 5.75 Å². The van der Waals surface area contributed by atoms with Gasteiger partial charge in [-0.05, 0) is 42.2 Å². The molecule has 2 N–H and O–H groups in total. The summed E-state index contributed by atoms with van der Waals surface area (Å²) in [5.74, 6) is 2.58. The van der Waals surface area contributed by atoms with Gasteiger partial charge in [-0.15, -0.1) is 11.8 Å². The van der Waals surface area contributed by atoms with E-state index in [0.29, 0.717) is 11.6 Å². The molecule has 0 heterocycles. The first-order valence-electron chi connectivity index (χ1n) is 6.12. The molecule has 0 bridgehead atoms. The molecule has 0 saturated carbocycles. The zero-order valence-corrected chi connectivity index (χ0v) is 12.3. The van der Waals surface area contributed by atoms with Crippen LogP contribution in [0.3, 0.4) is 0 Å². The molecular formula is C15H16ClNOS. The predicted molar refractivity (Wildman–Crippen MR) is 82.3 cm³/mol. The molecule has 0 atom stereocenters. The number of nitrogens with two attached hydrogens (primary N) is 1. The molecule has 2 rings (SSSR count). The minimum Gasteiger partial charge on any atom is -0.457 e. The first-order valence-corrected chi connectivity index (χ1v) is 7.49. The fourth-order valence-electron chi connectivity index (χ4n) is 1.76. The molecule has 0 aliphatic carbocycles. The molecule has 2 aromatic rings. The number of benzene rings is 2. The fraction of sp³-hybridized carbons (Fsp3) is 0.200. The molecule has 0 amide bonds. The summed E-state index contributed by atoms with van der Waals surface area (Å²) in [5.41, 5.74) is 6.89. The maximum Gasteiger partial charge on any atom is 0.133 e. The Kier molecular flexibility index (Phi) is 5.14. The number of hydrogen-bond acceptors (Lipinski definition) is 3. The topological polar surface area (TPSA) is 35.2 Å². The molecule has 2 aromatic carbocycles. The molecule has 0 saturated heterocycles. The van der Waals surface area contributed by atoms with Crippen LogP contribution in [0.4, 0.5) is 0 Å². The molecule has 0 spiro atoms. The molecule has 0 aromatic heterocycles. The second-order valence-corrected chi connectivity index (χ2v) is 5.67. The van der Waals surface area contributed by atoms with Crippen LogP contribution in [0.15, 0.2) is 47.4 Å². The second-order valence-electron chi connectivity index (χ2n) is 3.93. The van der Waals surface area contributed by atoms with Gasteiger partial charge in [-0.25, -0.2) is 0 Å². The molecule has 0 aliphatic rings. The van der Waals surface area contributed by atoms with Gasteiger partial charge in [-0.3, -0.25) is 0 Å². The molecule has 4 heteroatoms. The highest BCUT2D eigenvalue weighted by Crippen LogP contribution is 2.32. The van der Waals surface area contributed by atoms with Crippen LogP contribution in [-0.4, -0.2) is 5.75 Å². The number of thioether (sulfide) groups is 1. The fourth-order valence-corrected chi connectivity index (χ4v) is 2.73. The van der Waals surface area contributed by atoms with Crippen molar-refractivity contribution in [2.24, 2.45) is 5.73 Å². The van der Waals surface area contributed by atoms with Crippen molar-refractivity contribution in [3.05, 3.63) is 53.1 Å². The van der Waals surface area contributed by atoms with E-state index < -0.39 is 0 Å². The van der Waals surface area contributed by atoms with E-state index in [4.69, 9.17) is 22.1 Å². The van der Waals surface area contributed by atoms with Crippen molar-refractivity contribution in [1.82, 2.24) is 0 Å². The van der Waals surface area contributed by atoms with Crippen LogP contribution < -0.4 is 10.5 Å². The van der Waals surface area contributed by atoms with Crippen LogP contribution in [-0.2, 0) is 6.54 Å². The standard InChI is InChI=1S/C15H16ClNOS/c1-2-19-15-5-3-4-14(13(15)10-17)18-12-8-6-11(16)7-9-12/h3-9H,2,10,17H2,1H3. The Hall–Kier alpha value is -1.16. The Balaban J connectivity index is 2.28. The SMILES string of the molecule is CCSc1cccc(Oc2ccc(Cl)cc2)c1CN. The molecule has 0 radical (unpaired) electrons. The lowest BCUT2D eigenvalue weighted by Gasteiger charge is -2.13. The van der Waals surface area contributed by atoms with Gasteiger partial charge < -0.3 is 10.5 Å². The van der Waals surface area contributed by atoms with E-state index in [1.54, 1.807) is 11.8 Å². The molecule has 100 valence electrons. The zero-order chi connectivity index (χ0) is 13.7. The Morgan fingerprint density at radius 2 is 1.89 bits per heavy atom. The Morgan fingerprint density at radius 1 is 1.16 bits per heavy atom. The van der Waals surface area contributed by atoms with E-state index >= 15 is 0 Å². The summed E-state index contributed by atoms with van der Waals surface area (Å²) >= 11 is 7.63. The van der Waals surface area contributed by atoms with Gasteiger partial charge in [0.2, 0.25) is 0 Å². The first kappa shape index (κ1) is 14.3. The molecule has 0 unspecified atom stereocenters. The van der Waals surface area contributed by atoms with Gasteiger partial charge >= 0.3 is 0 Å². The molecule has 0 aliphatic heterocycles. The molecule has 2 nitrogen and oxygen atoms in total. The van der Waals surface area contributed by atoms with Gasteiger partial charge in [0.15, 0.2) is 0 Å². The van der Waals surface area contributed by atoms with Crippen molar-refractivity contribution in [2.45, 2.75) is 18.4 Å². The van der Waals surface area contributed by atoms with Crippen LogP contribution in [0.2, 0.25) is 5.02 Å². The summed E-state index contributed by atoms with van der Waals surface area (Å²) < 4.78 is 5.89. The lowest BCUT2D eigenvalue weighted by Crippen LogP contribution is -2.01. The van der Waals surface area contributed by atoms with E-state index in [9.17, 15) is 0 Å². The minimum absolute atomic E-state index is 0.464. The maximum absolute atomic E-state index is 5.89. The second kappa shape index (κ2) is 6.85. The predicted octanol–water partition coefficient (Wildman–Crippen LogP) is 4.70. The lowest BCUT2D eigenvalue weighted by molar-refractivity contribution is 0.474. The zero-order valence-electron chi connectivity index (χ0n) is 10.7. The highest BCUT2D eigenvalue weighted by molar-refractivity contribution is 7.99. The van der Waals surface area contributed by atoms with Gasteiger partial charge in [0.05, 0.1) is 0 Å². The Morgan fingerprint density at radius 3 is 2.53 bits per heavy atom. The van der Waals surface area contributed by atoms with E-state index in [1.165, 1.54) is 4.90 Å². The number of hydrogen-bond donors (Lipinski definition) is 1. The van der Waals surface area contributed by atoms with Crippen LogP contribution in [0.25, 0.3) is 0 Å².